The zero-order valence-corrected chi connectivity index (χ0v) is 13.6. The summed E-state index contributed by atoms with van der Waals surface area (Å²) < 4.78 is 7.20. The predicted octanol–water partition coefficient (Wildman–Crippen LogP) is 3.46. The summed E-state index contributed by atoms with van der Waals surface area (Å²) in [6.45, 7) is 6.59. The molecule has 1 atom stereocenters. The number of hydrogen-bond acceptors (Lipinski definition) is 3. The number of methoxy groups -OCH3 is 1. The van der Waals surface area contributed by atoms with E-state index in [0.29, 0.717) is 17.2 Å². The van der Waals surface area contributed by atoms with Crippen LogP contribution in [-0.2, 0) is 13.0 Å². The second kappa shape index (κ2) is 6.50. The summed E-state index contributed by atoms with van der Waals surface area (Å²) in [5.74, 6) is 0.693. The van der Waals surface area contributed by atoms with Gasteiger partial charge in [-0.05, 0) is 32.4 Å². The van der Waals surface area contributed by atoms with Crippen LogP contribution in [0.5, 0.6) is 5.75 Å². The molecule has 0 saturated carbocycles. The number of benzene rings is 1. The highest BCUT2D eigenvalue weighted by Gasteiger charge is 2.20. The lowest BCUT2D eigenvalue weighted by Gasteiger charge is -2.16. The lowest BCUT2D eigenvalue weighted by Crippen LogP contribution is -2.10. The molecule has 2 rings (SSSR count). The SMILES string of the molecule is CCn1nc(C)c(Cl)c1CC(O)c1ccc(C)cc1OC. The minimum absolute atomic E-state index is 0.410. The minimum atomic E-state index is -0.681. The lowest BCUT2D eigenvalue weighted by molar-refractivity contribution is 0.171. The second-order valence-corrected chi connectivity index (χ2v) is 5.51. The fourth-order valence-corrected chi connectivity index (χ4v) is 2.66. The molecule has 0 aliphatic heterocycles. The van der Waals surface area contributed by atoms with Crippen molar-refractivity contribution in [1.82, 2.24) is 9.78 Å². The summed E-state index contributed by atoms with van der Waals surface area (Å²) >= 11 is 6.30. The zero-order chi connectivity index (χ0) is 15.6. The fourth-order valence-electron chi connectivity index (χ4n) is 2.45. The maximum atomic E-state index is 10.6. The quantitative estimate of drug-likeness (QED) is 0.920. The monoisotopic (exact) mass is 308 g/mol. The first-order chi connectivity index (χ1) is 9.97. The summed E-state index contributed by atoms with van der Waals surface area (Å²) in [7, 11) is 1.61. The van der Waals surface area contributed by atoms with Gasteiger partial charge in [0.1, 0.15) is 5.75 Å². The van der Waals surface area contributed by atoms with Crippen molar-refractivity contribution in [2.45, 2.75) is 39.8 Å². The highest BCUT2D eigenvalue weighted by molar-refractivity contribution is 6.31. The average molecular weight is 309 g/mol. The molecular weight excluding hydrogens is 288 g/mol. The van der Waals surface area contributed by atoms with E-state index in [4.69, 9.17) is 16.3 Å². The number of aliphatic hydroxyl groups excluding tert-OH is 1. The molecule has 114 valence electrons. The van der Waals surface area contributed by atoms with E-state index in [1.807, 2.05) is 43.7 Å². The van der Waals surface area contributed by atoms with Gasteiger partial charge in [0, 0.05) is 18.5 Å². The van der Waals surface area contributed by atoms with Crippen LogP contribution in [0.25, 0.3) is 0 Å². The number of ether oxygens (including phenoxy) is 1. The molecule has 1 aromatic heterocycles. The molecule has 0 saturated heterocycles. The molecule has 5 heteroatoms. The molecule has 1 unspecified atom stereocenters. The Labute approximate surface area is 130 Å². The number of rotatable bonds is 5. The molecule has 1 N–H and O–H groups in total. The Morgan fingerprint density at radius 1 is 1.38 bits per heavy atom. The van der Waals surface area contributed by atoms with Crippen molar-refractivity contribution < 1.29 is 9.84 Å². The van der Waals surface area contributed by atoms with E-state index in [1.165, 1.54) is 0 Å². The molecule has 0 fully saturated rings. The highest BCUT2D eigenvalue weighted by Crippen LogP contribution is 2.31. The van der Waals surface area contributed by atoms with Crippen LogP contribution in [0.15, 0.2) is 18.2 Å². The van der Waals surface area contributed by atoms with E-state index in [1.54, 1.807) is 7.11 Å². The Balaban J connectivity index is 2.32. The third kappa shape index (κ3) is 3.22. The van der Waals surface area contributed by atoms with E-state index in [2.05, 4.69) is 5.10 Å². The molecule has 2 aromatic rings. The van der Waals surface area contributed by atoms with Gasteiger partial charge in [-0.3, -0.25) is 4.68 Å². The molecule has 4 nitrogen and oxygen atoms in total. The maximum absolute atomic E-state index is 10.6. The molecule has 0 bridgehead atoms. The summed E-state index contributed by atoms with van der Waals surface area (Å²) in [6.07, 6.45) is -0.271. The average Bonchev–Trinajstić information content (AvgIpc) is 2.74. The van der Waals surface area contributed by atoms with E-state index in [9.17, 15) is 5.11 Å². The van der Waals surface area contributed by atoms with Crippen molar-refractivity contribution in [3.8, 4) is 5.75 Å². The van der Waals surface area contributed by atoms with E-state index >= 15 is 0 Å². The maximum Gasteiger partial charge on any atom is 0.124 e. The Morgan fingerprint density at radius 3 is 2.71 bits per heavy atom. The van der Waals surface area contributed by atoms with Gasteiger partial charge >= 0.3 is 0 Å². The van der Waals surface area contributed by atoms with Gasteiger partial charge < -0.3 is 9.84 Å². The second-order valence-electron chi connectivity index (χ2n) is 5.13. The minimum Gasteiger partial charge on any atom is -0.496 e. The summed E-state index contributed by atoms with van der Waals surface area (Å²) in [6, 6.07) is 5.78. The summed E-state index contributed by atoms with van der Waals surface area (Å²) in [4.78, 5) is 0. The van der Waals surface area contributed by atoms with E-state index < -0.39 is 6.10 Å². The molecule has 0 spiro atoms. The third-order valence-electron chi connectivity index (χ3n) is 3.59. The van der Waals surface area contributed by atoms with Gasteiger partial charge in [0.05, 0.1) is 29.6 Å². The molecular formula is C16H21ClN2O2. The summed E-state index contributed by atoms with van der Waals surface area (Å²) in [5.41, 5.74) is 3.50. The predicted molar refractivity (Wildman–Crippen MR) is 84.0 cm³/mol. The van der Waals surface area contributed by atoms with Crippen LogP contribution in [0.2, 0.25) is 5.02 Å². The fraction of sp³-hybridized carbons (Fsp3) is 0.438. The topological polar surface area (TPSA) is 47.3 Å². The Kier molecular flexibility index (Phi) is 4.91. The molecule has 1 heterocycles. The number of aryl methyl sites for hydroxylation is 3. The van der Waals surface area contributed by atoms with Crippen molar-refractivity contribution >= 4 is 11.6 Å². The number of nitrogens with zero attached hydrogens (tertiary/aromatic N) is 2. The third-order valence-corrected chi connectivity index (χ3v) is 4.08. The number of aliphatic hydroxyl groups is 1. The van der Waals surface area contributed by atoms with Crippen LogP contribution in [-0.4, -0.2) is 22.0 Å². The van der Waals surface area contributed by atoms with Gasteiger partial charge in [-0.2, -0.15) is 5.10 Å². The Morgan fingerprint density at radius 2 is 2.10 bits per heavy atom. The molecule has 0 aliphatic rings. The van der Waals surface area contributed by atoms with Crippen molar-refractivity contribution in [2.24, 2.45) is 0 Å². The van der Waals surface area contributed by atoms with Gasteiger partial charge in [0.15, 0.2) is 0 Å². The van der Waals surface area contributed by atoms with Crippen LogP contribution in [0.1, 0.15) is 35.5 Å². The van der Waals surface area contributed by atoms with E-state index in [-0.39, 0.29) is 0 Å². The zero-order valence-electron chi connectivity index (χ0n) is 12.9. The van der Waals surface area contributed by atoms with Gasteiger partial charge in [0.25, 0.3) is 0 Å². The molecule has 0 aliphatic carbocycles. The lowest BCUT2D eigenvalue weighted by atomic mass is 10.0. The Bertz CT molecular complexity index is 637. The number of halogens is 1. The first-order valence-electron chi connectivity index (χ1n) is 7.02. The van der Waals surface area contributed by atoms with Gasteiger partial charge in [-0.1, -0.05) is 23.7 Å². The molecule has 1 aromatic carbocycles. The van der Waals surface area contributed by atoms with Crippen LogP contribution in [0.4, 0.5) is 0 Å². The van der Waals surface area contributed by atoms with Gasteiger partial charge in [-0.25, -0.2) is 0 Å². The normalized spacial score (nSPS) is 12.5. The van der Waals surface area contributed by atoms with Crippen molar-refractivity contribution in [1.29, 1.82) is 0 Å². The highest BCUT2D eigenvalue weighted by atomic mass is 35.5. The van der Waals surface area contributed by atoms with Gasteiger partial charge in [0.2, 0.25) is 0 Å². The van der Waals surface area contributed by atoms with Crippen LogP contribution >= 0.6 is 11.6 Å². The van der Waals surface area contributed by atoms with Crippen LogP contribution < -0.4 is 4.74 Å². The summed E-state index contributed by atoms with van der Waals surface area (Å²) in [5, 5.41) is 15.6. The molecule has 0 radical (unpaired) electrons. The molecule has 21 heavy (non-hydrogen) atoms. The largest absolute Gasteiger partial charge is 0.496 e. The van der Waals surface area contributed by atoms with E-state index in [0.717, 1.165) is 29.1 Å². The van der Waals surface area contributed by atoms with Crippen LogP contribution in [0.3, 0.4) is 0 Å². The van der Waals surface area contributed by atoms with Crippen molar-refractivity contribution in [2.75, 3.05) is 7.11 Å². The number of hydrogen-bond donors (Lipinski definition) is 1. The standard InChI is InChI=1S/C16H21ClN2O2/c1-5-19-13(16(17)11(3)18-19)9-14(20)12-7-6-10(2)8-15(12)21-4/h6-8,14,20H,5,9H2,1-4H3. The molecule has 0 amide bonds. The first-order valence-corrected chi connectivity index (χ1v) is 7.40. The van der Waals surface area contributed by atoms with Crippen molar-refractivity contribution in [3.05, 3.63) is 45.7 Å². The van der Waals surface area contributed by atoms with Crippen LogP contribution in [0, 0.1) is 13.8 Å². The first kappa shape index (κ1) is 15.9. The Hall–Kier alpha value is -1.52. The smallest absolute Gasteiger partial charge is 0.124 e. The number of aromatic nitrogens is 2. The van der Waals surface area contributed by atoms with Crippen molar-refractivity contribution in [3.63, 3.8) is 0 Å². The van der Waals surface area contributed by atoms with Gasteiger partial charge in [-0.15, -0.1) is 0 Å².